The Labute approximate surface area is 117 Å². The molecule has 0 bridgehead atoms. The van der Waals surface area contributed by atoms with E-state index in [4.69, 9.17) is 10.5 Å². The van der Waals surface area contributed by atoms with Crippen molar-refractivity contribution >= 4 is 11.6 Å². The average Bonchev–Trinajstić information content (AvgIpc) is 2.85. The molecule has 2 aromatic rings. The second-order valence-electron chi connectivity index (χ2n) is 4.49. The number of imidazole rings is 1. The normalized spacial score (nSPS) is 12.2. The second-order valence-corrected chi connectivity index (χ2v) is 4.49. The third-order valence-electron chi connectivity index (χ3n) is 2.89. The highest BCUT2D eigenvalue weighted by Gasteiger charge is 2.13. The molecule has 106 valence electrons. The van der Waals surface area contributed by atoms with E-state index in [2.05, 4.69) is 10.3 Å². The molecule has 20 heavy (non-hydrogen) atoms. The quantitative estimate of drug-likeness (QED) is 0.852. The van der Waals surface area contributed by atoms with Crippen molar-refractivity contribution in [2.45, 2.75) is 6.04 Å². The van der Waals surface area contributed by atoms with E-state index < -0.39 is 6.04 Å². The zero-order chi connectivity index (χ0) is 14.5. The fourth-order valence-corrected chi connectivity index (χ4v) is 1.87. The monoisotopic (exact) mass is 274 g/mol. The van der Waals surface area contributed by atoms with Crippen LogP contribution in [0.1, 0.15) is 0 Å². The molecule has 1 unspecified atom stereocenters. The van der Waals surface area contributed by atoms with Crippen LogP contribution in [0.5, 0.6) is 0 Å². The lowest BCUT2D eigenvalue weighted by atomic mass is 10.2. The molecule has 1 heterocycles. The van der Waals surface area contributed by atoms with E-state index in [1.165, 1.54) is 7.11 Å². The van der Waals surface area contributed by atoms with Gasteiger partial charge in [-0.05, 0) is 12.1 Å². The molecular formula is C14H18N4O2. The summed E-state index contributed by atoms with van der Waals surface area (Å²) in [4.78, 5) is 16.1. The number of carbonyl (C=O) groups is 1. The number of methoxy groups -OCH3 is 1. The molecule has 0 spiro atoms. The first-order valence-corrected chi connectivity index (χ1v) is 6.25. The Morgan fingerprint density at radius 3 is 3.00 bits per heavy atom. The van der Waals surface area contributed by atoms with E-state index >= 15 is 0 Å². The van der Waals surface area contributed by atoms with Crippen LogP contribution in [0.4, 0.5) is 5.69 Å². The molecule has 1 atom stereocenters. The van der Waals surface area contributed by atoms with Crippen LogP contribution in [0.2, 0.25) is 0 Å². The van der Waals surface area contributed by atoms with Crippen molar-refractivity contribution in [3.63, 3.8) is 0 Å². The van der Waals surface area contributed by atoms with Crippen LogP contribution in [-0.2, 0) is 16.6 Å². The predicted octanol–water partition coefficient (Wildman–Crippen LogP) is 0.999. The summed E-state index contributed by atoms with van der Waals surface area (Å²) in [7, 11) is 3.43. The summed E-state index contributed by atoms with van der Waals surface area (Å²) in [5.74, 6) is 0.561. The first-order valence-electron chi connectivity index (χ1n) is 6.25. The van der Waals surface area contributed by atoms with Crippen molar-refractivity contribution in [1.29, 1.82) is 0 Å². The van der Waals surface area contributed by atoms with Crippen LogP contribution < -0.4 is 11.1 Å². The number of hydrogen-bond acceptors (Lipinski definition) is 4. The van der Waals surface area contributed by atoms with Gasteiger partial charge >= 0.3 is 0 Å². The summed E-state index contributed by atoms with van der Waals surface area (Å²) in [6, 6.07) is 6.79. The Kier molecular flexibility index (Phi) is 4.49. The minimum atomic E-state index is -0.684. The number of nitrogens with two attached hydrogens (primary N) is 1. The van der Waals surface area contributed by atoms with Gasteiger partial charge in [0, 0.05) is 37.8 Å². The van der Waals surface area contributed by atoms with Crippen LogP contribution in [0.25, 0.3) is 11.4 Å². The summed E-state index contributed by atoms with van der Waals surface area (Å²) >= 11 is 0. The van der Waals surface area contributed by atoms with Crippen LogP contribution in [-0.4, -0.2) is 35.2 Å². The summed E-state index contributed by atoms with van der Waals surface area (Å²) in [5, 5.41) is 2.77. The number of anilines is 1. The first kappa shape index (κ1) is 14.2. The standard InChI is InChI=1S/C14H18N4O2/c1-18-7-6-16-13(18)10-4-3-5-11(8-10)17-14(19)12(15)9-20-2/h3-8,12H,9,15H2,1-2H3,(H,17,19). The van der Waals surface area contributed by atoms with Crippen molar-refractivity contribution in [2.75, 3.05) is 19.0 Å². The number of aromatic nitrogens is 2. The average molecular weight is 274 g/mol. The van der Waals surface area contributed by atoms with Gasteiger partial charge in [0.05, 0.1) is 6.61 Å². The second kappa shape index (κ2) is 6.31. The highest BCUT2D eigenvalue weighted by Crippen LogP contribution is 2.20. The van der Waals surface area contributed by atoms with Gasteiger partial charge in [0.1, 0.15) is 11.9 Å². The van der Waals surface area contributed by atoms with Crippen LogP contribution in [0.3, 0.4) is 0 Å². The largest absolute Gasteiger partial charge is 0.383 e. The minimum Gasteiger partial charge on any atom is -0.383 e. The Hall–Kier alpha value is -2.18. The molecule has 0 saturated carbocycles. The van der Waals surface area contributed by atoms with E-state index in [1.54, 1.807) is 6.20 Å². The number of amides is 1. The molecule has 2 rings (SSSR count). The van der Waals surface area contributed by atoms with Gasteiger partial charge in [0.2, 0.25) is 5.91 Å². The van der Waals surface area contributed by atoms with Gasteiger partial charge < -0.3 is 20.4 Å². The van der Waals surface area contributed by atoms with Gasteiger partial charge in [-0.3, -0.25) is 4.79 Å². The Morgan fingerprint density at radius 1 is 1.55 bits per heavy atom. The maximum Gasteiger partial charge on any atom is 0.243 e. The van der Waals surface area contributed by atoms with E-state index in [0.29, 0.717) is 5.69 Å². The number of benzene rings is 1. The predicted molar refractivity (Wildman–Crippen MR) is 77.1 cm³/mol. The molecule has 0 radical (unpaired) electrons. The molecule has 6 nitrogen and oxygen atoms in total. The van der Waals surface area contributed by atoms with Gasteiger partial charge in [-0.25, -0.2) is 4.98 Å². The Balaban J connectivity index is 2.15. The number of aryl methyl sites for hydroxylation is 1. The number of rotatable bonds is 5. The third-order valence-corrected chi connectivity index (χ3v) is 2.89. The number of nitrogens with one attached hydrogen (secondary N) is 1. The molecule has 0 aliphatic rings. The minimum absolute atomic E-state index is 0.185. The van der Waals surface area contributed by atoms with Crippen molar-refractivity contribution < 1.29 is 9.53 Å². The van der Waals surface area contributed by atoms with E-state index in [9.17, 15) is 4.79 Å². The first-order chi connectivity index (χ1) is 9.61. The number of nitrogens with zero attached hydrogens (tertiary/aromatic N) is 2. The molecule has 0 aliphatic heterocycles. The molecule has 0 fully saturated rings. The van der Waals surface area contributed by atoms with Crippen LogP contribution in [0, 0.1) is 0 Å². The lowest BCUT2D eigenvalue weighted by molar-refractivity contribution is -0.118. The summed E-state index contributed by atoms with van der Waals surface area (Å²) < 4.78 is 6.78. The number of hydrogen-bond donors (Lipinski definition) is 2. The Morgan fingerprint density at radius 2 is 2.35 bits per heavy atom. The lowest BCUT2D eigenvalue weighted by Gasteiger charge is -2.12. The molecule has 6 heteroatoms. The summed E-state index contributed by atoms with van der Waals surface area (Å²) in [5.41, 5.74) is 7.29. The zero-order valence-electron chi connectivity index (χ0n) is 11.5. The molecule has 1 amide bonds. The lowest BCUT2D eigenvalue weighted by Crippen LogP contribution is -2.39. The zero-order valence-corrected chi connectivity index (χ0v) is 11.5. The van der Waals surface area contributed by atoms with Gasteiger partial charge in [-0.15, -0.1) is 0 Å². The van der Waals surface area contributed by atoms with Gasteiger partial charge in [-0.1, -0.05) is 12.1 Å². The molecule has 3 N–H and O–H groups in total. The maximum atomic E-state index is 11.8. The highest BCUT2D eigenvalue weighted by molar-refractivity contribution is 5.95. The smallest absolute Gasteiger partial charge is 0.243 e. The molecule has 1 aromatic heterocycles. The molecular weight excluding hydrogens is 256 g/mol. The van der Waals surface area contributed by atoms with Crippen LogP contribution >= 0.6 is 0 Å². The van der Waals surface area contributed by atoms with Gasteiger partial charge in [0.15, 0.2) is 0 Å². The SMILES string of the molecule is COCC(N)C(=O)Nc1cccc(-c2nccn2C)c1. The van der Waals surface area contributed by atoms with Gasteiger partial charge in [-0.2, -0.15) is 0 Å². The van der Waals surface area contributed by atoms with Crippen molar-refractivity contribution in [1.82, 2.24) is 9.55 Å². The summed E-state index contributed by atoms with van der Waals surface area (Å²) in [6.45, 7) is 0.185. The van der Waals surface area contributed by atoms with Crippen molar-refractivity contribution in [2.24, 2.45) is 12.8 Å². The number of carbonyl (C=O) groups excluding carboxylic acids is 1. The molecule has 0 saturated heterocycles. The number of ether oxygens (including phenoxy) is 1. The van der Waals surface area contributed by atoms with E-state index in [-0.39, 0.29) is 12.5 Å². The van der Waals surface area contributed by atoms with E-state index in [0.717, 1.165) is 11.4 Å². The van der Waals surface area contributed by atoms with Crippen LogP contribution in [0.15, 0.2) is 36.7 Å². The highest BCUT2D eigenvalue weighted by atomic mass is 16.5. The summed E-state index contributed by atoms with van der Waals surface area (Å²) in [6.07, 6.45) is 3.60. The topological polar surface area (TPSA) is 82.2 Å². The maximum absolute atomic E-state index is 11.8. The molecule has 0 aliphatic carbocycles. The Bertz CT molecular complexity index is 594. The fraction of sp³-hybridized carbons (Fsp3) is 0.286. The third kappa shape index (κ3) is 3.23. The fourth-order valence-electron chi connectivity index (χ4n) is 1.87. The van der Waals surface area contributed by atoms with Gasteiger partial charge in [0.25, 0.3) is 0 Å². The molecule has 1 aromatic carbocycles. The van der Waals surface area contributed by atoms with E-state index in [1.807, 2.05) is 42.1 Å². The van der Waals surface area contributed by atoms with Crippen molar-refractivity contribution in [3.05, 3.63) is 36.7 Å². The van der Waals surface area contributed by atoms with Crippen molar-refractivity contribution in [3.8, 4) is 11.4 Å².